The van der Waals surface area contributed by atoms with Crippen molar-refractivity contribution in [1.29, 1.82) is 0 Å². The highest BCUT2D eigenvalue weighted by molar-refractivity contribution is 5.71. The second-order valence-electron chi connectivity index (χ2n) is 16.4. The van der Waals surface area contributed by atoms with Crippen molar-refractivity contribution in [2.75, 3.05) is 13.2 Å². The van der Waals surface area contributed by atoms with Gasteiger partial charge in [-0.1, -0.05) is 233 Å². The number of ether oxygens (including phenoxy) is 3. The topological polar surface area (TPSA) is 78.9 Å². The number of unbranched alkanes of at least 4 members (excludes halogenated alkanes) is 33. The van der Waals surface area contributed by atoms with Crippen molar-refractivity contribution in [2.45, 2.75) is 277 Å². The van der Waals surface area contributed by atoms with E-state index in [1.165, 1.54) is 167 Å². The van der Waals surface area contributed by atoms with Gasteiger partial charge in [-0.15, -0.1) is 0 Å². The quantitative estimate of drug-likeness (QED) is 0.0349. The molecule has 0 N–H and O–H groups in total. The van der Waals surface area contributed by atoms with Crippen molar-refractivity contribution in [3.05, 3.63) is 0 Å². The lowest BCUT2D eigenvalue weighted by molar-refractivity contribution is -0.167. The molecule has 0 aromatic rings. The van der Waals surface area contributed by atoms with E-state index in [1.807, 2.05) is 0 Å². The smallest absolute Gasteiger partial charge is 0.306 e. The van der Waals surface area contributed by atoms with Gasteiger partial charge in [0.15, 0.2) is 6.10 Å². The molecule has 0 aromatic heterocycles. The summed E-state index contributed by atoms with van der Waals surface area (Å²) in [6.45, 7) is 6.59. The van der Waals surface area contributed by atoms with Crippen LogP contribution in [0.5, 0.6) is 0 Å². The van der Waals surface area contributed by atoms with Crippen LogP contribution in [0.4, 0.5) is 0 Å². The number of hydrogen-bond acceptors (Lipinski definition) is 6. The molecule has 0 saturated carbocycles. The van der Waals surface area contributed by atoms with Crippen molar-refractivity contribution < 1.29 is 28.6 Å². The minimum absolute atomic E-state index is 0.0634. The molecule has 0 radical (unpaired) electrons. The molecule has 6 nitrogen and oxygen atoms in total. The molecule has 0 unspecified atom stereocenters. The van der Waals surface area contributed by atoms with Crippen LogP contribution < -0.4 is 0 Å². The standard InChI is InChI=1S/C48H92O6/c1-4-7-10-13-15-17-19-21-23-25-27-29-31-33-36-39-42-48(51)54-45(43-52-46(49)40-37-34-12-9-6-3)44-53-47(50)41-38-35-32-30-28-26-24-22-20-18-16-14-11-8-5-2/h45H,4-44H2,1-3H3/t45-/m1/s1. The van der Waals surface area contributed by atoms with Crippen LogP contribution in [0.3, 0.4) is 0 Å². The molecule has 0 aliphatic heterocycles. The average molecular weight is 765 g/mol. The zero-order valence-electron chi connectivity index (χ0n) is 36.5. The van der Waals surface area contributed by atoms with E-state index in [9.17, 15) is 14.4 Å². The van der Waals surface area contributed by atoms with Gasteiger partial charge in [-0.05, 0) is 19.3 Å². The van der Waals surface area contributed by atoms with Gasteiger partial charge in [-0.3, -0.25) is 14.4 Å². The van der Waals surface area contributed by atoms with E-state index in [1.54, 1.807) is 0 Å². The maximum Gasteiger partial charge on any atom is 0.306 e. The molecular weight excluding hydrogens is 673 g/mol. The second kappa shape index (κ2) is 44.1. The minimum Gasteiger partial charge on any atom is -0.462 e. The summed E-state index contributed by atoms with van der Waals surface area (Å²) in [7, 11) is 0. The second-order valence-corrected chi connectivity index (χ2v) is 16.4. The van der Waals surface area contributed by atoms with Gasteiger partial charge in [0.25, 0.3) is 0 Å². The van der Waals surface area contributed by atoms with Crippen molar-refractivity contribution in [3.8, 4) is 0 Å². The molecule has 0 amide bonds. The van der Waals surface area contributed by atoms with Crippen LogP contribution in [-0.2, 0) is 28.6 Å². The van der Waals surface area contributed by atoms with Gasteiger partial charge in [0, 0.05) is 19.3 Å². The fourth-order valence-electron chi connectivity index (χ4n) is 7.21. The van der Waals surface area contributed by atoms with E-state index in [4.69, 9.17) is 14.2 Å². The summed E-state index contributed by atoms with van der Waals surface area (Å²) in [5.41, 5.74) is 0. The maximum absolute atomic E-state index is 12.7. The van der Waals surface area contributed by atoms with Crippen LogP contribution in [0.25, 0.3) is 0 Å². The molecule has 0 aliphatic carbocycles. The summed E-state index contributed by atoms with van der Waals surface area (Å²) in [5.74, 6) is -0.861. The first-order valence-corrected chi connectivity index (χ1v) is 24.0. The van der Waals surface area contributed by atoms with Crippen molar-refractivity contribution in [2.24, 2.45) is 0 Å². The summed E-state index contributed by atoms with van der Waals surface area (Å²) in [6.07, 6.45) is 45.4. The van der Waals surface area contributed by atoms with Crippen molar-refractivity contribution in [1.82, 2.24) is 0 Å². The molecule has 0 heterocycles. The monoisotopic (exact) mass is 765 g/mol. The molecule has 0 saturated heterocycles. The Bertz CT molecular complexity index is 798. The molecule has 320 valence electrons. The number of rotatable bonds is 44. The molecule has 1 atom stereocenters. The van der Waals surface area contributed by atoms with Gasteiger partial charge in [-0.2, -0.15) is 0 Å². The normalized spacial score (nSPS) is 11.8. The predicted octanol–water partition coefficient (Wildman–Crippen LogP) is 15.3. The van der Waals surface area contributed by atoms with Gasteiger partial charge in [-0.25, -0.2) is 0 Å². The Labute approximate surface area is 336 Å². The number of carbonyl (C=O) groups excluding carboxylic acids is 3. The third kappa shape index (κ3) is 41.6. The van der Waals surface area contributed by atoms with Crippen molar-refractivity contribution in [3.63, 3.8) is 0 Å². The van der Waals surface area contributed by atoms with E-state index < -0.39 is 6.10 Å². The highest BCUT2D eigenvalue weighted by Crippen LogP contribution is 2.16. The largest absolute Gasteiger partial charge is 0.462 e. The Morgan fingerprint density at radius 3 is 0.741 bits per heavy atom. The summed E-state index contributed by atoms with van der Waals surface area (Å²) < 4.78 is 16.6. The Morgan fingerprint density at radius 1 is 0.296 bits per heavy atom. The van der Waals surface area contributed by atoms with Gasteiger partial charge < -0.3 is 14.2 Å². The summed E-state index contributed by atoms with van der Waals surface area (Å²) >= 11 is 0. The molecule has 0 aromatic carbocycles. The van der Waals surface area contributed by atoms with Crippen LogP contribution in [-0.4, -0.2) is 37.2 Å². The Morgan fingerprint density at radius 2 is 0.500 bits per heavy atom. The Hall–Kier alpha value is -1.59. The maximum atomic E-state index is 12.7. The van der Waals surface area contributed by atoms with Crippen LogP contribution in [0.2, 0.25) is 0 Å². The lowest BCUT2D eigenvalue weighted by Gasteiger charge is -2.18. The number of hydrogen-bond donors (Lipinski definition) is 0. The molecule has 0 fully saturated rings. The number of esters is 3. The van der Waals surface area contributed by atoms with Crippen LogP contribution in [0.15, 0.2) is 0 Å². The first-order chi connectivity index (χ1) is 26.5. The lowest BCUT2D eigenvalue weighted by atomic mass is 10.0. The third-order valence-corrected chi connectivity index (χ3v) is 10.9. The fraction of sp³-hybridized carbons (Fsp3) is 0.938. The number of carbonyl (C=O) groups is 3. The molecular formula is C48H92O6. The zero-order valence-corrected chi connectivity index (χ0v) is 36.5. The third-order valence-electron chi connectivity index (χ3n) is 10.9. The Kier molecular flexibility index (Phi) is 42.8. The summed E-state index contributed by atoms with van der Waals surface area (Å²) in [5, 5.41) is 0. The SMILES string of the molecule is CCCCCCCCCCCCCCCCCCC(=O)O[C@H](COC(=O)CCCCCCC)COC(=O)CCCCCCCCCCCCCCCCC. The van der Waals surface area contributed by atoms with Gasteiger partial charge in [0.05, 0.1) is 0 Å². The lowest BCUT2D eigenvalue weighted by Crippen LogP contribution is -2.30. The van der Waals surface area contributed by atoms with Gasteiger partial charge in [0.2, 0.25) is 0 Å². The van der Waals surface area contributed by atoms with Crippen molar-refractivity contribution >= 4 is 17.9 Å². The molecule has 0 bridgehead atoms. The average Bonchev–Trinajstić information content (AvgIpc) is 3.17. The van der Waals surface area contributed by atoms with E-state index in [2.05, 4.69) is 20.8 Å². The minimum atomic E-state index is -0.757. The van der Waals surface area contributed by atoms with E-state index in [-0.39, 0.29) is 31.1 Å². The van der Waals surface area contributed by atoms with E-state index >= 15 is 0 Å². The molecule has 0 aliphatic rings. The van der Waals surface area contributed by atoms with E-state index in [0.29, 0.717) is 19.3 Å². The Balaban J connectivity index is 4.14. The van der Waals surface area contributed by atoms with Crippen LogP contribution >= 0.6 is 0 Å². The molecule has 0 rings (SSSR count). The molecule has 0 spiro atoms. The highest BCUT2D eigenvalue weighted by atomic mass is 16.6. The summed E-state index contributed by atoms with van der Waals surface area (Å²) in [6, 6.07) is 0. The highest BCUT2D eigenvalue weighted by Gasteiger charge is 2.19. The van der Waals surface area contributed by atoms with Gasteiger partial charge >= 0.3 is 17.9 Å². The molecule has 54 heavy (non-hydrogen) atoms. The first-order valence-electron chi connectivity index (χ1n) is 24.0. The predicted molar refractivity (Wildman–Crippen MR) is 229 cm³/mol. The zero-order chi connectivity index (χ0) is 39.4. The summed E-state index contributed by atoms with van der Waals surface area (Å²) in [4.78, 5) is 37.5. The van der Waals surface area contributed by atoms with E-state index in [0.717, 1.165) is 64.2 Å². The van der Waals surface area contributed by atoms with Crippen LogP contribution in [0, 0.1) is 0 Å². The van der Waals surface area contributed by atoms with Gasteiger partial charge in [0.1, 0.15) is 13.2 Å². The first kappa shape index (κ1) is 52.4. The fourth-order valence-corrected chi connectivity index (χ4v) is 7.21. The van der Waals surface area contributed by atoms with Crippen LogP contribution in [0.1, 0.15) is 271 Å². The molecule has 6 heteroatoms.